The molecule has 2 rings (SSSR count). The zero-order chi connectivity index (χ0) is 13.7. The Morgan fingerprint density at radius 1 is 1.47 bits per heavy atom. The van der Waals surface area contributed by atoms with Gasteiger partial charge in [-0.15, -0.1) is 10.2 Å². The SMILES string of the molecule is N#CCN1CCC(Nc2ccc(C(N)=O)nn2)CC1. The number of nitrogens with two attached hydrogens (primary N) is 1. The number of nitrogens with one attached hydrogen (secondary N) is 1. The Hall–Kier alpha value is -2.20. The zero-order valence-corrected chi connectivity index (χ0v) is 10.5. The zero-order valence-electron chi connectivity index (χ0n) is 10.5. The molecule has 1 amide bonds. The molecule has 0 bridgehead atoms. The lowest BCUT2D eigenvalue weighted by Gasteiger charge is -2.30. The maximum atomic E-state index is 10.9. The van der Waals surface area contributed by atoms with E-state index in [1.165, 1.54) is 0 Å². The van der Waals surface area contributed by atoms with E-state index in [1.54, 1.807) is 12.1 Å². The van der Waals surface area contributed by atoms with Crippen LogP contribution in [-0.2, 0) is 0 Å². The highest BCUT2D eigenvalue weighted by Crippen LogP contribution is 2.14. The molecule has 1 saturated heterocycles. The number of amides is 1. The second kappa shape index (κ2) is 6.11. The molecule has 100 valence electrons. The summed E-state index contributed by atoms with van der Waals surface area (Å²) in [5.74, 6) is 0.0626. The molecule has 0 aromatic carbocycles. The second-order valence-corrected chi connectivity index (χ2v) is 4.52. The van der Waals surface area contributed by atoms with Crippen LogP contribution in [0.2, 0.25) is 0 Å². The van der Waals surface area contributed by atoms with Crippen molar-refractivity contribution in [3.05, 3.63) is 17.8 Å². The van der Waals surface area contributed by atoms with Crippen molar-refractivity contribution >= 4 is 11.7 Å². The summed E-state index contributed by atoms with van der Waals surface area (Å²) in [5, 5.41) is 19.6. The number of hydrogen-bond donors (Lipinski definition) is 2. The number of nitrogens with zero attached hydrogens (tertiary/aromatic N) is 4. The fourth-order valence-corrected chi connectivity index (χ4v) is 2.09. The maximum Gasteiger partial charge on any atom is 0.269 e. The molecule has 1 fully saturated rings. The summed E-state index contributed by atoms with van der Waals surface area (Å²) in [5.41, 5.74) is 5.26. The van der Waals surface area contributed by atoms with Crippen molar-refractivity contribution in [1.82, 2.24) is 15.1 Å². The van der Waals surface area contributed by atoms with Gasteiger partial charge >= 0.3 is 0 Å². The normalized spacial score (nSPS) is 16.8. The van der Waals surface area contributed by atoms with Crippen LogP contribution in [0.5, 0.6) is 0 Å². The number of rotatable bonds is 4. The van der Waals surface area contributed by atoms with E-state index in [9.17, 15) is 4.79 Å². The van der Waals surface area contributed by atoms with Crippen molar-refractivity contribution in [2.24, 2.45) is 5.73 Å². The van der Waals surface area contributed by atoms with Gasteiger partial charge < -0.3 is 11.1 Å². The maximum absolute atomic E-state index is 10.9. The van der Waals surface area contributed by atoms with Gasteiger partial charge in [0.2, 0.25) is 0 Å². The minimum atomic E-state index is -0.580. The van der Waals surface area contributed by atoms with Crippen LogP contribution in [0.4, 0.5) is 5.82 Å². The van der Waals surface area contributed by atoms with E-state index in [1.807, 2.05) is 0 Å². The summed E-state index contributed by atoms with van der Waals surface area (Å²) in [4.78, 5) is 13.0. The lowest BCUT2D eigenvalue weighted by molar-refractivity contribution is 0.0994. The standard InChI is InChI=1S/C12H16N6O/c13-5-8-18-6-3-9(4-7-18)15-11-2-1-10(12(14)19)16-17-11/h1-2,9H,3-4,6-8H2,(H2,14,19)(H,15,17). The first-order valence-electron chi connectivity index (χ1n) is 6.18. The van der Waals surface area contributed by atoms with Gasteiger partial charge in [0, 0.05) is 19.1 Å². The van der Waals surface area contributed by atoms with E-state index in [-0.39, 0.29) is 5.69 Å². The van der Waals surface area contributed by atoms with Crippen molar-refractivity contribution in [3.8, 4) is 6.07 Å². The van der Waals surface area contributed by atoms with E-state index in [4.69, 9.17) is 11.0 Å². The minimum absolute atomic E-state index is 0.161. The Bertz CT molecular complexity index is 472. The predicted molar refractivity (Wildman–Crippen MR) is 69.2 cm³/mol. The number of nitriles is 1. The van der Waals surface area contributed by atoms with E-state index < -0.39 is 5.91 Å². The number of primary amides is 1. The molecule has 0 atom stereocenters. The molecule has 0 radical (unpaired) electrons. The van der Waals surface area contributed by atoms with Gasteiger partial charge in [0.1, 0.15) is 5.82 Å². The van der Waals surface area contributed by atoms with E-state index in [0.29, 0.717) is 18.4 Å². The lowest BCUT2D eigenvalue weighted by Crippen LogP contribution is -2.39. The Labute approximate surface area is 111 Å². The van der Waals surface area contributed by atoms with Gasteiger partial charge in [0.25, 0.3) is 5.91 Å². The van der Waals surface area contributed by atoms with Gasteiger partial charge in [0.05, 0.1) is 12.6 Å². The Kier molecular flexibility index (Phi) is 4.26. The van der Waals surface area contributed by atoms with Crippen molar-refractivity contribution in [1.29, 1.82) is 5.26 Å². The van der Waals surface area contributed by atoms with Crippen molar-refractivity contribution < 1.29 is 4.79 Å². The Balaban J connectivity index is 1.85. The summed E-state index contributed by atoms with van der Waals surface area (Å²) in [6.07, 6.45) is 1.92. The van der Waals surface area contributed by atoms with Crippen molar-refractivity contribution in [2.75, 3.05) is 25.0 Å². The highest BCUT2D eigenvalue weighted by atomic mass is 16.1. The first kappa shape index (κ1) is 13.2. The van der Waals surface area contributed by atoms with Crippen molar-refractivity contribution in [3.63, 3.8) is 0 Å². The number of likely N-dealkylation sites (tertiary alicyclic amines) is 1. The van der Waals surface area contributed by atoms with Crippen molar-refractivity contribution in [2.45, 2.75) is 18.9 Å². The summed E-state index contributed by atoms with van der Waals surface area (Å²) < 4.78 is 0. The highest BCUT2D eigenvalue weighted by molar-refractivity contribution is 5.90. The fourth-order valence-electron chi connectivity index (χ4n) is 2.09. The van der Waals surface area contributed by atoms with Gasteiger partial charge in [-0.05, 0) is 25.0 Å². The molecule has 1 aliphatic rings. The molecular formula is C12H16N6O. The quantitative estimate of drug-likeness (QED) is 0.736. The van der Waals surface area contributed by atoms with Crippen LogP contribution in [0.1, 0.15) is 23.3 Å². The van der Waals surface area contributed by atoms with Gasteiger partial charge in [-0.1, -0.05) is 0 Å². The monoisotopic (exact) mass is 260 g/mol. The van der Waals surface area contributed by atoms with E-state index in [0.717, 1.165) is 25.9 Å². The Morgan fingerprint density at radius 2 is 2.21 bits per heavy atom. The average molecular weight is 260 g/mol. The molecule has 1 aromatic heterocycles. The van der Waals surface area contributed by atoms with E-state index >= 15 is 0 Å². The predicted octanol–water partition coefficient (Wildman–Crippen LogP) is -0.0246. The topological polar surface area (TPSA) is 108 Å². The third-order valence-electron chi connectivity index (χ3n) is 3.15. The summed E-state index contributed by atoms with van der Waals surface area (Å²) in [6.45, 7) is 2.29. The second-order valence-electron chi connectivity index (χ2n) is 4.52. The van der Waals surface area contributed by atoms with Gasteiger partial charge in [-0.2, -0.15) is 5.26 Å². The lowest BCUT2D eigenvalue weighted by atomic mass is 10.1. The first-order chi connectivity index (χ1) is 9.19. The molecule has 0 unspecified atom stereocenters. The summed E-state index contributed by atoms with van der Waals surface area (Å²) in [6, 6.07) is 5.74. The fraction of sp³-hybridized carbons (Fsp3) is 0.500. The minimum Gasteiger partial charge on any atom is -0.366 e. The molecule has 7 heteroatoms. The number of aromatic nitrogens is 2. The van der Waals surface area contributed by atoms with Crippen LogP contribution in [0.15, 0.2) is 12.1 Å². The van der Waals surface area contributed by atoms with E-state index in [2.05, 4.69) is 26.5 Å². The molecule has 2 heterocycles. The van der Waals surface area contributed by atoms with Crippen LogP contribution < -0.4 is 11.1 Å². The average Bonchev–Trinajstić information content (AvgIpc) is 2.42. The molecule has 0 spiro atoms. The molecule has 0 aliphatic carbocycles. The molecular weight excluding hydrogens is 244 g/mol. The number of carbonyl (C=O) groups excluding carboxylic acids is 1. The molecule has 7 nitrogen and oxygen atoms in total. The third kappa shape index (κ3) is 3.63. The first-order valence-corrected chi connectivity index (χ1v) is 6.18. The van der Waals surface area contributed by atoms with Gasteiger partial charge in [0.15, 0.2) is 5.69 Å². The summed E-state index contributed by atoms with van der Waals surface area (Å²) >= 11 is 0. The molecule has 19 heavy (non-hydrogen) atoms. The van der Waals surface area contributed by atoms with Crippen LogP contribution in [-0.4, -0.2) is 46.7 Å². The summed E-state index contributed by atoms with van der Waals surface area (Å²) in [7, 11) is 0. The molecule has 3 N–H and O–H groups in total. The van der Waals surface area contributed by atoms with Gasteiger partial charge in [-0.25, -0.2) is 0 Å². The number of hydrogen-bond acceptors (Lipinski definition) is 6. The smallest absolute Gasteiger partial charge is 0.269 e. The molecule has 1 aromatic rings. The van der Waals surface area contributed by atoms with Crippen LogP contribution in [0, 0.1) is 11.3 Å². The molecule has 1 aliphatic heterocycles. The van der Waals surface area contributed by atoms with Crippen LogP contribution in [0.3, 0.4) is 0 Å². The highest BCUT2D eigenvalue weighted by Gasteiger charge is 2.19. The number of anilines is 1. The number of piperidine rings is 1. The molecule has 0 saturated carbocycles. The van der Waals surface area contributed by atoms with Crippen LogP contribution >= 0.6 is 0 Å². The largest absolute Gasteiger partial charge is 0.366 e. The number of carbonyl (C=O) groups is 1. The van der Waals surface area contributed by atoms with Crippen LogP contribution in [0.25, 0.3) is 0 Å². The van der Waals surface area contributed by atoms with Gasteiger partial charge in [-0.3, -0.25) is 9.69 Å². The third-order valence-corrected chi connectivity index (χ3v) is 3.15. The Morgan fingerprint density at radius 3 is 2.74 bits per heavy atom.